The molecule has 0 aliphatic heterocycles. The third kappa shape index (κ3) is 3.32. The van der Waals surface area contributed by atoms with Crippen LogP contribution in [0.5, 0.6) is 0 Å². The van der Waals surface area contributed by atoms with E-state index >= 15 is 0 Å². The van der Waals surface area contributed by atoms with E-state index in [1.165, 1.54) is 6.07 Å². The molecule has 0 spiro atoms. The number of amides is 1. The topological polar surface area (TPSA) is 55.1 Å². The van der Waals surface area contributed by atoms with E-state index in [9.17, 15) is 4.79 Å². The molecular weight excluding hydrogens is 307 g/mol. The summed E-state index contributed by atoms with van der Waals surface area (Å²) >= 11 is 17.6. The lowest BCUT2D eigenvalue weighted by atomic mass is 10.2. The van der Waals surface area contributed by atoms with Crippen molar-refractivity contribution in [1.29, 1.82) is 0 Å². The molecule has 0 bridgehead atoms. The second-order valence-electron chi connectivity index (χ2n) is 3.81. The molecule has 1 amide bonds. The average Bonchev–Trinajstić information content (AvgIpc) is 2.33. The predicted molar refractivity (Wildman–Crippen MR) is 80.3 cm³/mol. The van der Waals surface area contributed by atoms with Crippen LogP contribution in [0.15, 0.2) is 36.4 Å². The normalized spacial score (nSPS) is 10.3. The van der Waals surface area contributed by atoms with E-state index in [-0.39, 0.29) is 10.9 Å². The molecule has 0 saturated carbocycles. The highest BCUT2D eigenvalue weighted by atomic mass is 35.5. The van der Waals surface area contributed by atoms with Gasteiger partial charge in [0.25, 0.3) is 5.91 Å². The van der Waals surface area contributed by atoms with Crippen LogP contribution in [0.3, 0.4) is 0 Å². The Kier molecular flexibility index (Phi) is 4.20. The average molecular weight is 316 g/mol. The first kappa shape index (κ1) is 14.0. The van der Waals surface area contributed by atoms with Gasteiger partial charge in [-0.3, -0.25) is 4.79 Å². The Hall–Kier alpha value is -1.42. The number of nitrogens with one attached hydrogen (secondary N) is 1. The molecule has 2 aromatic rings. The maximum absolute atomic E-state index is 12.1. The van der Waals surface area contributed by atoms with Gasteiger partial charge in [0.15, 0.2) is 0 Å². The summed E-state index contributed by atoms with van der Waals surface area (Å²) in [6.07, 6.45) is 0. The first-order valence-electron chi connectivity index (χ1n) is 5.29. The van der Waals surface area contributed by atoms with Gasteiger partial charge in [0.05, 0.1) is 22.0 Å². The number of anilines is 2. The smallest absolute Gasteiger partial charge is 0.257 e. The Morgan fingerprint density at radius 1 is 1.00 bits per heavy atom. The molecule has 98 valence electrons. The van der Waals surface area contributed by atoms with Gasteiger partial charge in [-0.15, -0.1) is 0 Å². The lowest BCUT2D eigenvalue weighted by Crippen LogP contribution is -2.13. The zero-order valence-electron chi connectivity index (χ0n) is 9.58. The Morgan fingerprint density at radius 3 is 2.32 bits per heavy atom. The van der Waals surface area contributed by atoms with Gasteiger partial charge in [-0.1, -0.05) is 34.8 Å². The number of carbonyl (C=O) groups is 1. The molecule has 0 radical (unpaired) electrons. The van der Waals surface area contributed by atoms with Crippen molar-refractivity contribution in [3.63, 3.8) is 0 Å². The van der Waals surface area contributed by atoms with Crippen LogP contribution in [-0.2, 0) is 0 Å². The van der Waals surface area contributed by atoms with E-state index in [1.807, 2.05) is 0 Å². The Labute approximate surface area is 125 Å². The molecule has 0 atom stereocenters. The van der Waals surface area contributed by atoms with Crippen LogP contribution in [0, 0.1) is 0 Å². The molecular formula is C13H9Cl3N2O. The fourth-order valence-corrected chi connectivity index (χ4v) is 2.17. The monoisotopic (exact) mass is 314 g/mol. The highest BCUT2D eigenvalue weighted by molar-refractivity contribution is 6.37. The van der Waals surface area contributed by atoms with Gasteiger partial charge in [-0.05, 0) is 36.4 Å². The molecule has 0 aliphatic carbocycles. The lowest BCUT2D eigenvalue weighted by molar-refractivity contribution is 0.102. The molecule has 0 heterocycles. The van der Waals surface area contributed by atoms with Crippen molar-refractivity contribution in [2.45, 2.75) is 0 Å². The number of nitrogens with two attached hydrogens (primary N) is 1. The van der Waals surface area contributed by atoms with E-state index in [0.717, 1.165) is 0 Å². The Balaban J connectivity index is 2.28. The zero-order chi connectivity index (χ0) is 14.0. The molecule has 0 fully saturated rings. The summed E-state index contributed by atoms with van der Waals surface area (Å²) < 4.78 is 0. The van der Waals surface area contributed by atoms with Crippen LogP contribution in [0.2, 0.25) is 15.1 Å². The lowest BCUT2D eigenvalue weighted by Gasteiger charge is -2.09. The number of hydrogen-bond donors (Lipinski definition) is 2. The SMILES string of the molecule is Nc1ccc(Cl)cc1NC(=O)c1ccc(Cl)cc1Cl. The second-order valence-corrected chi connectivity index (χ2v) is 5.09. The second kappa shape index (κ2) is 5.70. The largest absolute Gasteiger partial charge is 0.397 e. The number of rotatable bonds is 2. The summed E-state index contributed by atoms with van der Waals surface area (Å²) in [6, 6.07) is 9.45. The van der Waals surface area contributed by atoms with Crippen LogP contribution in [0.1, 0.15) is 10.4 Å². The molecule has 2 rings (SSSR count). The zero-order valence-corrected chi connectivity index (χ0v) is 11.9. The first-order chi connectivity index (χ1) is 8.97. The molecule has 0 aliphatic rings. The van der Waals surface area contributed by atoms with Gasteiger partial charge < -0.3 is 11.1 Å². The van der Waals surface area contributed by atoms with Crippen molar-refractivity contribution in [1.82, 2.24) is 0 Å². The fraction of sp³-hybridized carbons (Fsp3) is 0. The minimum atomic E-state index is -0.379. The van der Waals surface area contributed by atoms with Crippen LogP contribution < -0.4 is 11.1 Å². The summed E-state index contributed by atoms with van der Waals surface area (Å²) in [5.74, 6) is -0.379. The van der Waals surface area contributed by atoms with Gasteiger partial charge in [0, 0.05) is 10.0 Å². The minimum Gasteiger partial charge on any atom is -0.397 e. The van der Waals surface area contributed by atoms with E-state index in [4.69, 9.17) is 40.5 Å². The highest BCUT2D eigenvalue weighted by Crippen LogP contribution is 2.26. The van der Waals surface area contributed by atoms with Gasteiger partial charge in [-0.2, -0.15) is 0 Å². The quantitative estimate of drug-likeness (QED) is 0.803. The van der Waals surface area contributed by atoms with Crippen molar-refractivity contribution < 1.29 is 4.79 Å². The molecule has 19 heavy (non-hydrogen) atoms. The standard InChI is InChI=1S/C13H9Cl3N2O/c14-7-1-3-9(10(16)5-7)13(19)18-12-6-8(15)2-4-11(12)17/h1-6H,17H2,(H,18,19). The molecule has 3 nitrogen and oxygen atoms in total. The van der Waals surface area contributed by atoms with Crippen molar-refractivity contribution in [2.24, 2.45) is 0 Å². The van der Waals surface area contributed by atoms with Gasteiger partial charge in [0.1, 0.15) is 0 Å². The van der Waals surface area contributed by atoms with Crippen LogP contribution >= 0.6 is 34.8 Å². The maximum atomic E-state index is 12.1. The van der Waals surface area contributed by atoms with Crippen LogP contribution in [-0.4, -0.2) is 5.91 Å². The third-order valence-electron chi connectivity index (χ3n) is 2.44. The summed E-state index contributed by atoms with van der Waals surface area (Å²) in [5, 5.41) is 3.86. The molecule has 3 N–H and O–H groups in total. The molecule has 2 aromatic carbocycles. The summed E-state index contributed by atoms with van der Waals surface area (Å²) in [7, 11) is 0. The summed E-state index contributed by atoms with van der Waals surface area (Å²) in [5.41, 5.74) is 6.91. The van der Waals surface area contributed by atoms with Crippen LogP contribution in [0.25, 0.3) is 0 Å². The summed E-state index contributed by atoms with van der Waals surface area (Å²) in [4.78, 5) is 12.1. The Morgan fingerprint density at radius 2 is 1.63 bits per heavy atom. The van der Waals surface area contributed by atoms with E-state index in [1.54, 1.807) is 30.3 Å². The van der Waals surface area contributed by atoms with Crippen molar-refractivity contribution in [3.05, 3.63) is 57.0 Å². The third-order valence-corrected chi connectivity index (χ3v) is 3.22. The van der Waals surface area contributed by atoms with Crippen molar-refractivity contribution >= 4 is 52.1 Å². The molecule has 0 unspecified atom stereocenters. The molecule has 6 heteroatoms. The number of carbonyl (C=O) groups excluding carboxylic acids is 1. The van der Waals surface area contributed by atoms with Gasteiger partial charge >= 0.3 is 0 Å². The van der Waals surface area contributed by atoms with E-state index < -0.39 is 0 Å². The molecule has 0 saturated heterocycles. The van der Waals surface area contributed by atoms with Crippen LogP contribution in [0.4, 0.5) is 11.4 Å². The maximum Gasteiger partial charge on any atom is 0.257 e. The number of halogens is 3. The summed E-state index contributed by atoms with van der Waals surface area (Å²) in [6.45, 7) is 0. The first-order valence-corrected chi connectivity index (χ1v) is 6.42. The number of benzene rings is 2. The van der Waals surface area contributed by atoms with Gasteiger partial charge in [-0.25, -0.2) is 0 Å². The minimum absolute atomic E-state index is 0.269. The van der Waals surface area contributed by atoms with Crippen molar-refractivity contribution in [3.8, 4) is 0 Å². The fourth-order valence-electron chi connectivity index (χ4n) is 1.50. The highest BCUT2D eigenvalue weighted by Gasteiger charge is 2.12. The predicted octanol–water partition coefficient (Wildman–Crippen LogP) is 4.48. The van der Waals surface area contributed by atoms with E-state index in [2.05, 4.69) is 5.32 Å². The van der Waals surface area contributed by atoms with Crippen molar-refractivity contribution in [2.75, 3.05) is 11.1 Å². The van der Waals surface area contributed by atoms with E-state index in [0.29, 0.717) is 27.0 Å². The number of hydrogen-bond acceptors (Lipinski definition) is 2. The Bertz CT molecular complexity index is 644. The molecule has 0 aromatic heterocycles. The number of nitrogen functional groups attached to an aromatic ring is 1. The van der Waals surface area contributed by atoms with Gasteiger partial charge in [0.2, 0.25) is 0 Å².